The lowest BCUT2D eigenvalue weighted by Crippen LogP contribution is -2.38. The summed E-state index contributed by atoms with van der Waals surface area (Å²) in [5.41, 5.74) is 0.668. The molecule has 3 rings (SSSR count). The summed E-state index contributed by atoms with van der Waals surface area (Å²) in [4.78, 5) is 30.7. The molecular weight excluding hydrogens is 342 g/mol. The monoisotopic (exact) mass is 365 g/mol. The van der Waals surface area contributed by atoms with E-state index in [9.17, 15) is 18.0 Å². The molecule has 0 spiro atoms. The van der Waals surface area contributed by atoms with Gasteiger partial charge in [-0.2, -0.15) is 0 Å². The number of pyridine rings is 1. The topological polar surface area (TPSA) is 96.4 Å². The van der Waals surface area contributed by atoms with E-state index in [1.54, 1.807) is 4.90 Å². The van der Waals surface area contributed by atoms with Crippen LogP contribution in [0.5, 0.6) is 0 Å². The van der Waals surface area contributed by atoms with Gasteiger partial charge >= 0.3 is 0 Å². The molecule has 0 aromatic carbocycles. The Hall–Kier alpha value is -1.96. The molecule has 7 nitrogen and oxygen atoms in total. The Bertz CT molecular complexity index is 770. The summed E-state index contributed by atoms with van der Waals surface area (Å²) in [6.45, 7) is 3.62. The molecule has 3 heterocycles. The predicted octanol–water partition coefficient (Wildman–Crippen LogP) is 0.871. The Balaban J connectivity index is 1.66. The molecule has 1 aromatic rings. The van der Waals surface area contributed by atoms with E-state index in [0.29, 0.717) is 17.9 Å². The Morgan fingerprint density at radius 2 is 1.84 bits per heavy atom. The normalized spacial score (nSPS) is 23.4. The molecule has 2 aliphatic heterocycles. The minimum atomic E-state index is -3.06. The molecule has 1 N–H and O–H groups in total. The van der Waals surface area contributed by atoms with Gasteiger partial charge in [-0.15, -0.1) is 0 Å². The average molecular weight is 365 g/mol. The molecule has 2 fully saturated rings. The van der Waals surface area contributed by atoms with Gasteiger partial charge in [-0.05, 0) is 31.2 Å². The highest BCUT2D eigenvalue weighted by Crippen LogP contribution is 2.18. The minimum absolute atomic E-state index is 0.0310. The summed E-state index contributed by atoms with van der Waals surface area (Å²) in [6, 6.07) is 1.16. The Labute approximate surface area is 147 Å². The van der Waals surface area contributed by atoms with Crippen molar-refractivity contribution in [2.75, 3.05) is 24.6 Å². The molecule has 0 saturated carbocycles. The lowest BCUT2D eigenvalue weighted by Gasteiger charge is -2.30. The van der Waals surface area contributed by atoms with Crippen molar-refractivity contribution in [3.8, 4) is 0 Å². The first kappa shape index (κ1) is 17.8. The van der Waals surface area contributed by atoms with Crippen LogP contribution in [-0.4, -0.2) is 60.8 Å². The number of amides is 2. The van der Waals surface area contributed by atoms with E-state index in [1.165, 1.54) is 18.5 Å². The van der Waals surface area contributed by atoms with E-state index in [0.717, 1.165) is 25.9 Å². The Morgan fingerprint density at radius 3 is 2.48 bits per heavy atom. The predicted molar refractivity (Wildman–Crippen MR) is 93.1 cm³/mol. The van der Waals surface area contributed by atoms with Crippen LogP contribution in [0.25, 0.3) is 0 Å². The number of nitrogens with zero attached hydrogens (tertiary/aromatic N) is 2. The van der Waals surface area contributed by atoms with Gasteiger partial charge < -0.3 is 10.2 Å². The van der Waals surface area contributed by atoms with Gasteiger partial charge in [0, 0.05) is 31.5 Å². The standard InChI is InChI=1S/C17H23N3O4S/c1-12-2-5-20(6-3-12)17(22)14-8-13(9-18-10-14)16(21)19-15-4-7-25(23,24)11-15/h8-10,12,15H,2-7,11H2,1H3,(H,19,21). The van der Waals surface area contributed by atoms with Gasteiger partial charge in [0.05, 0.1) is 22.6 Å². The van der Waals surface area contributed by atoms with Crippen LogP contribution in [0.4, 0.5) is 0 Å². The maximum Gasteiger partial charge on any atom is 0.255 e. The number of hydrogen-bond donors (Lipinski definition) is 1. The number of piperidine rings is 1. The van der Waals surface area contributed by atoms with E-state index >= 15 is 0 Å². The second kappa shape index (κ2) is 7.11. The Morgan fingerprint density at radius 1 is 1.16 bits per heavy atom. The number of carbonyl (C=O) groups is 2. The summed E-state index contributed by atoms with van der Waals surface area (Å²) < 4.78 is 23.0. The van der Waals surface area contributed by atoms with Crippen molar-refractivity contribution in [1.82, 2.24) is 15.2 Å². The van der Waals surface area contributed by atoms with Crippen LogP contribution in [0.3, 0.4) is 0 Å². The number of rotatable bonds is 3. The molecular formula is C17H23N3O4S. The molecule has 136 valence electrons. The number of likely N-dealkylation sites (tertiary alicyclic amines) is 1. The maximum atomic E-state index is 12.6. The molecule has 1 aromatic heterocycles. The third-order valence-corrected chi connectivity index (χ3v) is 6.65. The van der Waals surface area contributed by atoms with E-state index in [2.05, 4.69) is 17.2 Å². The van der Waals surface area contributed by atoms with Crippen molar-refractivity contribution >= 4 is 21.7 Å². The van der Waals surface area contributed by atoms with Crippen LogP contribution in [0.15, 0.2) is 18.5 Å². The summed E-state index contributed by atoms with van der Waals surface area (Å²) in [7, 11) is -3.06. The largest absolute Gasteiger partial charge is 0.348 e. The van der Waals surface area contributed by atoms with E-state index in [-0.39, 0.29) is 29.0 Å². The molecule has 0 radical (unpaired) electrons. The number of aromatic nitrogens is 1. The van der Waals surface area contributed by atoms with Crippen LogP contribution in [0, 0.1) is 5.92 Å². The fourth-order valence-electron chi connectivity index (χ4n) is 3.25. The van der Waals surface area contributed by atoms with E-state index in [4.69, 9.17) is 0 Å². The molecule has 2 amide bonds. The van der Waals surface area contributed by atoms with Crippen LogP contribution in [-0.2, 0) is 9.84 Å². The first-order valence-corrected chi connectivity index (χ1v) is 10.4. The highest BCUT2D eigenvalue weighted by molar-refractivity contribution is 7.91. The zero-order valence-electron chi connectivity index (χ0n) is 14.3. The fraction of sp³-hybridized carbons (Fsp3) is 0.588. The second-order valence-corrected chi connectivity index (χ2v) is 9.24. The van der Waals surface area contributed by atoms with E-state index < -0.39 is 15.7 Å². The van der Waals surface area contributed by atoms with E-state index in [1.807, 2.05) is 0 Å². The highest BCUT2D eigenvalue weighted by atomic mass is 32.2. The minimum Gasteiger partial charge on any atom is -0.348 e. The number of sulfone groups is 1. The highest BCUT2D eigenvalue weighted by Gasteiger charge is 2.29. The van der Waals surface area contributed by atoms with Gasteiger partial charge in [-0.1, -0.05) is 6.92 Å². The first-order chi connectivity index (χ1) is 11.8. The molecule has 0 aliphatic carbocycles. The third kappa shape index (κ3) is 4.36. The van der Waals surface area contributed by atoms with Crippen LogP contribution < -0.4 is 5.32 Å². The fourth-order valence-corrected chi connectivity index (χ4v) is 4.93. The van der Waals surface area contributed by atoms with Gasteiger partial charge in [0.1, 0.15) is 0 Å². The zero-order chi connectivity index (χ0) is 18.0. The molecule has 8 heteroatoms. The smallest absolute Gasteiger partial charge is 0.255 e. The molecule has 0 bridgehead atoms. The van der Waals surface area contributed by atoms with Crippen molar-refractivity contribution in [2.24, 2.45) is 5.92 Å². The molecule has 25 heavy (non-hydrogen) atoms. The van der Waals surface area contributed by atoms with Crippen molar-refractivity contribution in [3.05, 3.63) is 29.6 Å². The maximum absolute atomic E-state index is 12.6. The molecule has 1 atom stereocenters. The average Bonchev–Trinajstić information content (AvgIpc) is 2.93. The summed E-state index contributed by atoms with van der Waals surface area (Å²) >= 11 is 0. The quantitative estimate of drug-likeness (QED) is 0.857. The summed E-state index contributed by atoms with van der Waals surface area (Å²) in [6.07, 6.45) is 5.25. The van der Waals surface area contributed by atoms with Gasteiger partial charge in [-0.25, -0.2) is 8.42 Å². The molecule has 2 aliphatic rings. The van der Waals surface area contributed by atoms with Crippen molar-refractivity contribution < 1.29 is 18.0 Å². The lowest BCUT2D eigenvalue weighted by atomic mass is 9.98. The second-order valence-electron chi connectivity index (χ2n) is 7.01. The first-order valence-electron chi connectivity index (χ1n) is 8.60. The SMILES string of the molecule is CC1CCN(C(=O)c2cncc(C(=O)NC3CCS(=O)(=O)C3)c2)CC1. The zero-order valence-corrected chi connectivity index (χ0v) is 15.1. The summed E-state index contributed by atoms with van der Waals surface area (Å²) in [5.74, 6) is 0.190. The Kier molecular flexibility index (Phi) is 5.08. The molecule has 1 unspecified atom stereocenters. The number of hydrogen-bond acceptors (Lipinski definition) is 5. The summed E-state index contributed by atoms with van der Waals surface area (Å²) in [5, 5.41) is 2.72. The number of nitrogens with one attached hydrogen (secondary N) is 1. The van der Waals surface area contributed by atoms with Crippen molar-refractivity contribution in [1.29, 1.82) is 0 Å². The lowest BCUT2D eigenvalue weighted by molar-refractivity contribution is 0.0697. The van der Waals surface area contributed by atoms with Gasteiger partial charge in [0.25, 0.3) is 11.8 Å². The molecule has 2 saturated heterocycles. The van der Waals surface area contributed by atoms with Gasteiger partial charge in [0.15, 0.2) is 9.84 Å². The van der Waals surface area contributed by atoms with Gasteiger partial charge in [0.2, 0.25) is 0 Å². The van der Waals surface area contributed by atoms with Gasteiger partial charge in [-0.3, -0.25) is 14.6 Å². The number of carbonyl (C=O) groups excluding carboxylic acids is 2. The third-order valence-electron chi connectivity index (χ3n) is 4.89. The van der Waals surface area contributed by atoms with Crippen LogP contribution >= 0.6 is 0 Å². The van der Waals surface area contributed by atoms with Crippen LogP contribution in [0.1, 0.15) is 46.9 Å². The van der Waals surface area contributed by atoms with Crippen molar-refractivity contribution in [3.63, 3.8) is 0 Å². The van der Waals surface area contributed by atoms with Crippen molar-refractivity contribution in [2.45, 2.75) is 32.2 Å². The van der Waals surface area contributed by atoms with Crippen LogP contribution in [0.2, 0.25) is 0 Å².